The molecule has 81 heavy (non-hydrogen) atoms. The maximum Gasteiger partial charge on any atom is 0.312 e. The minimum Gasteiger partial charge on any atom is -0.493 e. The van der Waals surface area contributed by atoms with Gasteiger partial charge in [-0.05, 0) is 90.1 Å². The van der Waals surface area contributed by atoms with Gasteiger partial charge in [0.15, 0.2) is 28.8 Å². The molecule has 9 amide bonds. The predicted molar refractivity (Wildman–Crippen MR) is 298 cm³/mol. The summed E-state index contributed by atoms with van der Waals surface area (Å²) < 4.78 is 24.1. The summed E-state index contributed by atoms with van der Waals surface area (Å²) in [6, 6.07) is 12.9. The molecule has 3 heterocycles. The number of nitrogens with zero attached hydrogens (tertiary/aromatic N) is 2. The number of ketones is 1. The molecule has 0 radical (unpaired) electrons. The number of carbonyl (C=O) groups excluding carboxylic acids is 9. The first-order valence-corrected chi connectivity index (χ1v) is 27.6. The molecule has 0 saturated heterocycles. The van der Waals surface area contributed by atoms with Crippen LogP contribution in [-0.2, 0) is 58.0 Å². The molecule has 434 valence electrons. The number of hydrogen-bond donors (Lipinski definition) is 7. The second-order valence-electron chi connectivity index (χ2n) is 19.8. The number of imide groups is 1. The lowest BCUT2D eigenvalue weighted by molar-refractivity contribution is -0.141. The smallest absolute Gasteiger partial charge is 0.312 e. The molecule has 2 aliphatic heterocycles. The largest absolute Gasteiger partial charge is 0.493 e. The number of aliphatic carboxylic acids is 1. The summed E-state index contributed by atoms with van der Waals surface area (Å²) in [6.45, 7) is 5.33. The highest BCUT2D eigenvalue weighted by Crippen LogP contribution is 2.38. The van der Waals surface area contributed by atoms with Gasteiger partial charge in [0, 0.05) is 93.4 Å². The summed E-state index contributed by atoms with van der Waals surface area (Å²) >= 11 is 1.28. The van der Waals surface area contributed by atoms with Crippen LogP contribution in [0.4, 0.5) is 10.5 Å². The topological polar surface area (TPSA) is 320 Å². The van der Waals surface area contributed by atoms with Gasteiger partial charge in [-0.25, -0.2) is 4.79 Å². The Bertz CT molecular complexity index is 2980. The Balaban J connectivity index is 0.928. The molecule has 1 aromatic heterocycles. The van der Waals surface area contributed by atoms with E-state index < -0.39 is 35.9 Å². The number of carbonyl (C=O) groups is 10. The Morgan fingerprint density at radius 3 is 1.99 bits per heavy atom. The van der Waals surface area contributed by atoms with Crippen molar-refractivity contribution in [3.8, 4) is 23.0 Å². The molecule has 24 heteroatoms. The van der Waals surface area contributed by atoms with Crippen LogP contribution in [0.25, 0.3) is 10.1 Å². The van der Waals surface area contributed by atoms with E-state index in [1.54, 1.807) is 61.2 Å². The van der Waals surface area contributed by atoms with E-state index >= 15 is 0 Å². The first kappa shape index (κ1) is 61.7. The maximum atomic E-state index is 13.6. The number of anilines is 1. The Morgan fingerprint density at radius 1 is 0.691 bits per heavy atom. The number of unbranched alkanes of at least 4 members (excludes halogenated alkanes) is 2. The third-order valence-corrected chi connectivity index (χ3v) is 14.5. The molecule has 0 aliphatic carbocycles. The van der Waals surface area contributed by atoms with Crippen LogP contribution >= 0.6 is 11.3 Å². The van der Waals surface area contributed by atoms with Crippen molar-refractivity contribution in [3.63, 3.8) is 0 Å². The van der Waals surface area contributed by atoms with Gasteiger partial charge >= 0.3 is 12.0 Å². The van der Waals surface area contributed by atoms with E-state index in [1.807, 2.05) is 12.1 Å². The molecule has 23 nitrogen and oxygen atoms in total. The number of carboxylic acids is 1. The van der Waals surface area contributed by atoms with Crippen LogP contribution in [-0.4, -0.2) is 127 Å². The van der Waals surface area contributed by atoms with Crippen LogP contribution in [0.2, 0.25) is 0 Å². The number of fused-ring (bicyclic) bond motifs is 2. The number of benzene rings is 3. The van der Waals surface area contributed by atoms with Gasteiger partial charge in [-0.1, -0.05) is 32.4 Å². The highest BCUT2D eigenvalue weighted by molar-refractivity contribution is 7.20. The van der Waals surface area contributed by atoms with E-state index in [4.69, 9.17) is 29.8 Å². The Kier molecular flexibility index (Phi) is 23.0. The second kappa shape index (κ2) is 30.2. The number of hydrogen-bond acceptors (Lipinski definition) is 15. The third kappa shape index (κ3) is 18.5. The average Bonchev–Trinajstić information content (AvgIpc) is 4.40. The van der Waals surface area contributed by atoms with Crippen molar-refractivity contribution in [3.05, 3.63) is 88.3 Å². The van der Waals surface area contributed by atoms with Crippen LogP contribution in [0, 0.1) is 5.92 Å². The first-order valence-electron chi connectivity index (χ1n) is 26.7. The summed E-state index contributed by atoms with van der Waals surface area (Å²) in [6.07, 6.45) is 4.62. The van der Waals surface area contributed by atoms with Crippen molar-refractivity contribution in [2.45, 2.75) is 116 Å². The lowest BCUT2D eigenvalue weighted by atomic mass is 10.0. The first-order chi connectivity index (χ1) is 38.8. The van der Waals surface area contributed by atoms with E-state index in [9.17, 15) is 47.9 Å². The summed E-state index contributed by atoms with van der Waals surface area (Å²) in [4.78, 5) is 128. The van der Waals surface area contributed by atoms with Gasteiger partial charge in [-0.3, -0.25) is 48.1 Å². The second-order valence-corrected chi connectivity index (χ2v) is 20.8. The zero-order valence-electron chi connectivity index (χ0n) is 45.9. The predicted octanol–water partition coefficient (Wildman–Crippen LogP) is 5.25. The summed E-state index contributed by atoms with van der Waals surface area (Å²) in [5.74, 6) is -2.38. The average molecular weight is 1140 g/mol. The van der Waals surface area contributed by atoms with Crippen molar-refractivity contribution < 1.29 is 72.0 Å². The molecule has 6 rings (SSSR count). The summed E-state index contributed by atoms with van der Waals surface area (Å²) in [5, 5.41) is 23.3. The highest BCUT2D eigenvalue weighted by Gasteiger charge is 2.30. The fraction of sp³-hybridized carbons (Fsp3) is 0.439. The van der Waals surface area contributed by atoms with Crippen molar-refractivity contribution in [2.24, 2.45) is 11.7 Å². The fourth-order valence-electron chi connectivity index (χ4n) is 8.89. The lowest BCUT2D eigenvalue weighted by Gasteiger charge is -2.25. The molecule has 0 bridgehead atoms. The standard InChI is InChI=1S/C57H70N8O15S/c1-34(2)54(63-49(68)11-6-5-7-23-65-51(70)18-19-52(65)71)56(75)62-40(10-8-22-59-57(58)76)55(74)61-39-14-12-35(13-15-39)31-60-48(67)17-16-41(66)47-29-36-26-44(43(78-4)30-46(36)81-47)79-24-9-25-80-45-28-38-33-64(50(69)20-21-53(72)73)32-37(38)27-42(45)77-3/h12-15,18-19,26-30,34,40,54H,5-11,16-17,20-25,31-33H2,1-4H3,(H,60,67)(H,61,74)(H,62,75)(H,63,68)(H,72,73)(H3,58,59,76)/t40-,54-/m0/s1. The van der Waals surface area contributed by atoms with Crippen LogP contribution in [0.1, 0.15) is 111 Å². The highest BCUT2D eigenvalue weighted by atomic mass is 32.1. The number of thiophene rings is 1. The minimum absolute atomic E-state index is 0.0318. The quantitative estimate of drug-likeness (QED) is 0.0182. The zero-order chi connectivity index (χ0) is 58.6. The molecular formula is C57H70N8O15S. The normalized spacial score (nSPS) is 13.3. The number of primary amides is 1. The van der Waals surface area contributed by atoms with E-state index in [-0.39, 0.29) is 119 Å². The van der Waals surface area contributed by atoms with Crippen molar-refractivity contribution in [1.29, 1.82) is 0 Å². The van der Waals surface area contributed by atoms with Crippen molar-refractivity contribution >= 4 is 86.2 Å². The molecule has 0 unspecified atom stereocenters. The Morgan fingerprint density at radius 2 is 1.35 bits per heavy atom. The molecule has 2 atom stereocenters. The van der Waals surface area contributed by atoms with E-state index in [1.165, 1.54) is 37.7 Å². The maximum absolute atomic E-state index is 13.6. The monoisotopic (exact) mass is 1140 g/mol. The van der Waals surface area contributed by atoms with Crippen LogP contribution < -0.4 is 51.3 Å². The number of methoxy groups -OCH3 is 2. The fourth-order valence-corrected chi connectivity index (χ4v) is 9.93. The summed E-state index contributed by atoms with van der Waals surface area (Å²) in [5.41, 5.74) is 8.13. The van der Waals surface area contributed by atoms with Gasteiger partial charge in [0.05, 0.1) is 38.7 Å². The van der Waals surface area contributed by atoms with Gasteiger partial charge < -0.3 is 61.3 Å². The number of nitrogens with one attached hydrogen (secondary N) is 5. The molecule has 2 aliphatic rings. The van der Waals surface area contributed by atoms with Crippen LogP contribution in [0.3, 0.4) is 0 Å². The van der Waals surface area contributed by atoms with Crippen molar-refractivity contribution in [2.75, 3.05) is 45.8 Å². The Labute approximate surface area is 472 Å². The molecule has 4 aromatic rings. The third-order valence-electron chi connectivity index (χ3n) is 13.3. The number of rotatable bonds is 33. The molecule has 0 saturated carbocycles. The van der Waals surface area contributed by atoms with Crippen molar-refractivity contribution in [1.82, 2.24) is 31.1 Å². The molecule has 8 N–H and O–H groups in total. The number of nitrogens with two attached hydrogens (primary N) is 1. The number of carboxylic acid groups (broad SMARTS) is 1. The van der Waals surface area contributed by atoms with Gasteiger partial charge in [0.1, 0.15) is 12.1 Å². The molecule has 0 fully saturated rings. The van der Waals surface area contributed by atoms with Gasteiger partial charge in [0.25, 0.3) is 11.8 Å². The number of Topliss-reactive ketones (excluding diaryl/α,β-unsaturated/α-hetero) is 1. The van der Waals surface area contributed by atoms with E-state index in [2.05, 4.69) is 26.6 Å². The van der Waals surface area contributed by atoms with Crippen LogP contribution in [0.5, 0.6) is 23.0 Å². The van der Waals surface area contributed by atoms with Gasteiger partial charge in [-0.15, -0.1) is 11.3 Å². The number of urea groups is 1. The summed E-state index contributed by atoms with van der Waals surface area (Å²) in [7, 11) is 3.05. The van der Waals surface area contributed by atoms with E-state index in [0.717, 1.165) is 26.1 Å². The lowest BCUT2D eigenvalue weighted by Crippen LogP contribution is -2.54. The number of amides is 9. The van der Waals surface area contributed by atoms with Gasteiger partial charge in [0.2, 0.25) is 29.5 Å². The van der Waals surface area contributed by atoms with Crippen LogP contribution in [0.15, 0.2) is 66.7 Å². The van der Waals surface area contributed by atoms with E-state index in [0.29, 0.717) is 77.9 Å². The molecule has 0 spiro atoms. The van der Waals surface area contributed by atoms with Gasteiger partial charge in [-0.2, -0.15) is 0 Å². The minimum atomic E-state index is -1.06. The number of ether oxygens (including phenoxy) is 4. The SMILES string of the molecule is COc1cc2c(cc1OCCCOc1cc3cc(C(=O)CCC(=O)NCc4ccc(NC(=O)[C@H](CCCNC(N)=O)NC(=O)[C@@H](NC(=O)CCCCCN5C(=O)C=CC5=O)C(C)C)cc4)sc3cc1OC)CN(C(=O)CCC(=O)O)C2. The molecular weight excluding hydrogens is 1070 g/mol. The Hall–Kier alpha value is -8.54. The zero-order valence-corrected chi connectivity index (χ0v) is 46.7. The molecule has 3 aromatic carbocycles.